The minimum Gasteiger partial charge on any atom is -0.371 e. The normalized spacial score (nSPS) is 21.9. The molecule has 5 aliphatic heterocycles. The zero-order valence-corrected chi connectivity index (χ0v) is 34.9. The summed E-state index contributed by atoms with van der Waals surface area (Å²) in [6, 6.07) is 12.9. The van der Waals surface area contributed by atoms with Gasteiger partial charge in [0.25, 0.3) is 5.91 Å². The van der Waals surface area contributed by atoms with Crippen molar-refractivity contribution in [3.05, 3.63) is 87.3 Å². The maximum atomic E-state index is 16.0. The third kappa shape index (κ3) is 6.30. The Kier molecular flexibility index (Phi) is 9.03. The molecule has 3 N–H and O–H groups in total. The highest BCUT2D eigenvalue weighted by molar-refractivity contribution is 6.02. The molecule has 13 nitrogen and oxygen atoms in total. The van der Waals surface area contributed by atoms with Crippen LogP contribution in [-0.4, -0.2) is 94.6 Å². The van der Waals surface area contributed by atoms with Gasteiger partial charge < -0.3 is 25.0 Å². The highest BCUT2D eigenvalue weighted by Crippen LogP contribution is 2.45. The number of rotatable bonds is 6. The van der Waals surface area contributed by atoms with Crippen LogP contribution in [0.1, 0.15) is 78.2 Å². The zero-order chi connectivity index (χ0) is 41.7. The minimum absolute atomic E-state index is 0.00218. The first kappa shape index (κ1) is 38.2. The number of carbonyl (C=O) groups excluding carboxylic acids is 3. The molecule has 4 fully saturated rings. The van der Waals surface area contributed by atoms with E-state index in [-0.39, 0.29) is 35.2 Å². The molecule has 14 heteroatoms. The van der Waals surface area contributed by atoms with E-state index in [1.165, 1.54) is 11.0 Å². The smallest absolute Gasteiger partial charge is 0.329 e. The number of aromatic nitrogens is 4. The fourth-order valence-corrected chi connectivity index (χ4v) is 11.7. The number of H-pyrrole nitrogens is 1. The second-order valence-corrected chi connectivity index (χ2v) is 18.7. The van der Waals surface area contributed by atoms with E-state index < -0.39 is 11.9 Å². The van der Waals surface area contributed by atoms with Crippen molar-refractivity contribution < 1.29 is 18.8 Å². The Morgan fingerprint density at radius 1 is 0.803 bits per heavy atom. The fourth-order valence-electron chi connectivity index (χ4n) is 11.7. The number of amides is 3. The van der Waals surface area contributed by atoms with E-state index in [4.69, 9.17) is 4.98 Å². The first-order valence-electron chi connectivity index (χ1n) is 22.1. The molecule has 1 spiro atoms. The number of hydrogen-bond donors (Lipinski definition) is 3. The van der Waals surface area contributed by atoms with Gasteiger partial charge in [0.2, 0.25) is 11.8 Å². The van der Waals surface area contributed by atoms with Crippen LogP contribution in [0.4, 0.5) is 15.8 Å². The van der Waals surface area contributed by atoms with Gasteiger partial charge in [0.05, 0.1) is 33.4 Å². The monoisotopic (exact) mass is 825 g/mol. The number of hydrogen-bond acceptors (Lipinski definition) is 8. The number of fused-ring (bicyclic) bond motifs is 7. The summed E-state index contributed by atoms with van der Waals surface area (Å²) >= 11 is 0. The molecule has 316 valence electrons. The number of carbonyl (C=O) groups is 3. The Bertz CT molecular complexity index is 2690. The molecular formula is C47H52FN9O4. The highest BCUT2D eigenvalue weighted by atomic mass is 19.1. The fraction of sp³-hybridized carbons (Fsp3) is 0.468. The number of likely N-dealkylation sites (tertiary alicyclic amines) is 1. The lowest BCUT2D eigenvalue weighted by atomic mass is 9.73. The molecule has 11 rings (SSSR count). The van der Waals surface area contributed by atoms with Gasteiger partial charge >= 0.3 is 5.69 Å². The molecule has 6 aliphatic rings. The van der Waals surface area contributed by atoms with Crippen LogP contribution in [0.15, 0.2) is 53.5 Å². The van der Waals surface area contributed by atoms with Crippen molar-refractivity contribution >= 4 is 40.1 Å². The van der Waals surface area contributed by atoms with E-state index in [1.807, 2.05) is 36.5 Å². The number of pyridine rings is 1. The van der Waals surface area contributed by atoms with E-state index in [9.17, 15) is 19.2 Å². The number of likely N-dealkylation sites (N-methyl/N-ethyl adjacent to an activating group) is 1. The van der Waals surface area contributed by atoms with Gasteiger partial charge in [0.1, 0.15) is 11.9 Å². The predicted molar refractivity (Wildman–Crippen MR) is 231 cm³/mol. The standard InChI is InChI=1S/C47H52FN9O4/c1-53-25-47(26-53)24-50-45(60)41-33-6-3-29-23-49-36(22-34(29)42(33)52-43(41)47)32-7-4-30(20-35(32)48)55-15-11-27(12-16-55)19-28-13-17-56(18-14-28)31-5-8-37-39(21-31)54(2)46(61)57(37)38-9-10-40(58)51-44(38)59/h4-5,7-8,20-23,27-28,38,52H,3,6,9-19,24-26H2,1-2H3,(H,50,60)(H,51,58,59). The average Bonchev–Trinajstić information content (AvgIpc) is 3.77. The highest BCUT2D eigenvalue weighted by Gasteiger charge is 2.50. The summed E-state index contributed by atoms with van der Waals surface area (Å²) in [5.41, 5.74) is 10.3. The van der Waals surface area contributed by atoms with Gasteiger partial charge in [-0.15, -0.1) is 0 Å². The second-order valence-electron chi connectivity index (χ2n) is 18.7. The summed E-state index contributed by atoms with van der Waals surface area (Å²) < 4.78 is 19.2. The lowest BCUT2D eigenvalue weighted by molar-refractivity contribution is -0.135. The van der Waals surface area contributed by atoms with Crippen molar-refractivity contribution in [2.45, 2.75) is 69.2 Å². The Morgan fingerprint density at radius 2 is 1.51 bits per heavy atom. The number of nitrogens with one attached hydrogen (secondary N) is 3. The van der Waals surface area contributed by atoms with Crippen molar-refractivity contribution in [1.82, 2.24) is 34.6 Å². The van der Waals surface area contributed by atoms with Gasteiger partial charge in [-0.2, -0.15) is 0 Å². The van der Waals surface area contributed by atoms with Crippen LogP contribution in [-0.2, 0) is 34.9 Å². The third-order valence-corrected chi connectivity index (χ3v) is 14.9. The van der Waals surface area contributed by atoms with E-state index in [0.717, 1.165) is 128 Å². The lowest BCUT2D eigenvalue weighted by Gasteiger charge is -2.50. The maximum absolute atomic E-state index is 16.0. The Labute approximate surface area is 353 Å². The number of benzene rings is 2. The number of imidazole rings is 1. The maximum Gasteiger partial charge on any atom is 0.329 e. The molecule has 1 aliphatic carbocycles. The third-order valence-electron chi connectivity index (χ3n) is 14.9. The van der Waals surface area contributed by atoms with Crippen molar-refractivity contribution in [2.75, 3.05) is 62.7 Å². The molecule has 3 amide bonds. The van der Waals surface area contributed by atoms with Gasteiger partial charge in [0, 0.05) is 93.7 Å². The van der Waals surface area contributed by atoms with Crippen LogP contribution in [0.5, 0.6) is 0 Å². The summed E-state index contributed by atoms with van der Waals surface area (Å²) in [6.45, 7) is 6.17. The summed E-state index contributed by atoms with van der Waals surface area (Å²) in [5, 5.41) is 5.54. The lowest BCUT2D eigenvalue weighted by Crippen LogP contribution is -2.65. The van der Waals surface area contributed by atoms with Crippen molar-refractivity contribution in [1.29, 1.82) is 0 Å². The Morgan fingerprint density at radius 3 is 2.20 bits per heavy atom. The minimum atomic E-state index is -0.690. The van der Waals surface area contributed by atoms with Crippen LogP contribution >= 0.6 is 0 Å². The molecule has 1 unspecified atom stereocenters. The number of piperidine rings is 3. The first-order chi connectivity index (χ1) is 29.5. The molecule has 0 radical (unpaired) electrons. The van der Waals surface area contributed by atoms with Gasteiger partial charge in [-0.25, -0.2) is 9.18 Å². The number of aromatic amines is 1. The predicted octanol–water partition coefficient (Wildman–Crippen LogP) is 5.06. The average molecular weight is 826 g/mol. The largest absolute Gasteiger partial charge is 0.371 e. The molecule has 0 saturated carbocycles. The summed E-state index contributed by atoms with van der Waals surface area (Å²) in [6.07, 6.45) is 9.60. The van der Waals surface area contributed by atoms with Crippen molar-refractivity contribution in [3.63, 3.8) is 0 Å². The van der Waals surface area contributed by atoms with Gasteiger partial charge in [-0.3, -0.25) is 33.8 Å². The second kappa shape index (κ2) is 14.4. The first-order valence-corrected chi connectivity index (χ1v) is 22.1. The number of imide groups is 1. The van der Waals surface area contributed by atoms with Crippen LogP contribution in [0.25, 0.3) is 33.5 Å². The Hall–Kier alpha value is -5.76. The number of nitrogens with zero attached hydrogens (tertiary/aromatic N) is 6. The Balaban J connectivity index is 0.715. The van der Waals surface area contributed by atoms with Gasteiger partial charge in [-0.05, 0) is 124 Å². The van der Waals surface area contributed by atoms with Crippen LogP contribution in [0.2, 0.25) is 0 Å². The summed E-state index contributed by atoms with van der Waals surface area (Å²) in [7, 11) is 3.85. The quantitative estimate of drug-likeness (QED) is 0.202. The molecule has 8 heterocycles. The number of aryl methyl sites for hydroxylation is 2. The van der Waals surface area contributed by atoms with Crippen LogP contribution in [0.3, 0.4) is 0 Å². The van der Waals surface area contributed by atoms with E-state index in [2.05, 4.69) is 43.4 Å². The topological polar surface area (TPSA) is 141 Å². The number of halogens is 1. The molecule has 1 atom stereocenters. The van der Waals surface area contributed by atoms with Crippen molar-refractivity contribution in [2.24, 2.45) is 18.9 Å². The van der Waals surface area contributed by atoms with Crippen LogP contribution in [0, 0.1) is 17.7 Å². The molecule has 0 bridgehead atoms. The molecule has 5 aromatic rings. The van der Waals surface area contributed by atoms with Gasteiger partial charge in [-0.1, -0.05) is 0 Å². The summed E-state index contributed by atoms with van der Waals surface area (Å²) in [5.74, 6) is 0.306. The zero-order valence-electron chi connectivity index (χ0n) is 34.9. The van der Waals surface area contributed by atoms with E-state index in [0.29, 0.717) is 41.6 Å². The van der Waals surface area contributed by atoms with Gasteiger partial charge in [0.15, 0.2) is 0 Å². The SMILES string of the molecule is CN1CC2(CNC(=O)c3c2[nH]c2c3CCc3cnc(-c4ccc(N5CCC(CC6CCN(c7ccc8c(c7)n(C)c(=O)n8C7CCC(=O)NC7=O)CC6)CC5)cc4F)cc3-2)C1. The van der Waals surface area contributed by atoms with E-state index in [1.54, 1.807) is 17.7 Å². The number of anilines is 2. The molecule has 61 heavy (non-hydrogen) atoms. The van der Waals surface area contributed by atoms with Crippen molar-refractivity contribution in [3.8, 4) is 22.5 Å². The molecule has 4 saturated heterocycles. The summed E-state index contributed by atoms with van der Waals surface area (Å²) in [4.78, 5) is 66.2. The molecule has 3 aromatic heterocycles. The molecule has 2 aromatic carbocycles. The van der Waals surface area contributed by atoms with Crippen LogP contribution < -0.4 is 26.1 Å². The van der Waals surface area contributed by atoms with E-state index >= 15 is 4.39 Å². The molecular weight excluding hydrogens is 774 g/mol.